The first-order valence-electron chi connectivity index (χ1n) is 32.2. The number of aromatic nitrogens is 2. The first kappa shape index (κ1) is 53.9. The Balaban J connectivity index is 0.647. The van der Waals surface area contributed by atoms with Crippen LogP contribution < -0.4 is 0 Å². The molecule has 1 aliphatic carbocycles. The lowest BCUT2D eigenvalue weighted by Crippen LogP contribution is -2.28. The van der Waals surface area contributed by atoms with Gasteiger partial charge in [-0.2, -0.15) is 0 Å². The molecule has 0 bridgehead atoms. The summed E-state index contributed by atoms with van der Waals surface area (Å²) in [4.78, 5) is 0. The molecule has 0 atom stereocenters. The molecule has 2 heterocycles. The van der Waals surface area contributed by atoms with Gasteiger partial charge in [0.05, 0.1) is 27.5 Å². The summed E-state index contributed by atoms with van der Waals surface area (Å²) in [6, 6.07) is 135. The second-order valence-electron chi connectivity index (χ2n) is 24.7. The first-order valence-corrected chi connectivity index (χ1v) is 32.2. The average Bonchev–Trinajstić information content (AvgIpc) is 1.56. The summed E-state index contributed by atoms with van der Waals surface area (Å²) in [5, 5.41) is 4.94. The van der Waals surface area contributed by atoms with E-state index in [1.54, 1.807) is 0 Å². The van der Waals surface area contributed by atoms with Crippen LogP contribution >= 0.6 is 0 Å². The van der Waals surface area contributed by atoms with Crippen LogP contribution in [-0.2, 0) is 5.41 Å². The van der Waals surface area contributed by atoms with Crippen molar-refractivity contribution in [3.8, 4) is 100 Å². The van der Waals surface area contributed by atoms with Gasteiger partial charge >= 0.3 is 0 Å². The van der Waals surface area contributed by atoms with E-state index in [0.29, 0.717) is 0 Å². The molecule has 0 spiro atoms. The van der Waals surface area contributed by atoms with Gasteiger partial charge in [0.1, 0.15) is 0 Å². The molecule has 1 aliphatic rings. The minimum Gasteiger partial charge on any atom is -0.309 e. The highest BCUT2D eigenvalue weighted by molar-refractivity contribution is 6.13. The van der Waals surface area contributed by atoms with Crippen molar-refractivity contribution in [3.63, 3.8) is 0 Å². The van der Waals surface area contributed by atoms with Gasteiger partial charge < -0.3 is 9.13 Å². The van der Waals surface area contributed by atoms with Gasteiger partial charge in [-0.05, 0) is 184 Å². The Morgan fingerprint density at radius 3 is 0.978 bits per heavy atom. The van der Waals surface area contributed by atoms with E-state index in [2.05, 4.69) is 373 Å². The van der Waals surface area contributed by atoms with Gasteiger partial charge in [-0.3, -0.25) is 0 Å². The molecule has 17 aromatic rings. The van der Waals surface area contributed by atoms with Crippen molar-refractivity contribution in [1.29, 1.82) is 0 Å². The van der Waals surface area contributed by atoms with Crippen molar-refractivity contribution < 1.29 is 0 Å². The fourth-order valence-corrected chi connectivity index (χ4v) is 15.3. The number of rotatable bonds is 11. The predicted molar refractivity (Wildman–Crippen MR) is 390 cm³/mol. The van der Waals surface area contributed by atoms with Crippen LogP contribution in [-0.4, -0.2) is 9.13 Å². The lowest BCUT2D eigenvalue weighted by Gasteiger charge is -2.34. The van der Waals surface area contributed by atoms with Crippen LogP contribution in [0.3, 0.4) is 0 Å². The molecule has 15 aromatic carbocycles. The van der Waals surface area contributed by atoms with Crippen LogP contribution in [0.2, 0.25) is 0 Å². The summed E-state index contributed by atoms with van der Waals surface area (Å²) in [5.74, 6) is 0. The number of benzene rings is 15. The molecule has 0 N–H and O–H groups in total. The van der Waals surface area contributed by atoms with Crippen molar-refractivity contribution in [2.24, 2.45) is 0 Å². The van der Waals surface area contributed by atoms with Crippen LogP contribution in [0.15, 0.2) is 364 Å². The summed E-state index contributed by atoms with van der Waals surface area (Å²) in [5.41, 5.74) is 30.9. The molecule has 0 unspecified atom stereocenters. The van der Waals surface area contributed by atoms with Crippen LogP contribution in [0.1, 0.15) is 22.3 Å². The molecule has 93 heavy (non-hydrogen) atoms. The highest BCUT2D eigenvalue weighted by Crippen LogP contribution is 2.57. The fraction of sp³-hybridized carbons (Fsp3) is 0.0110. The van der Waals surface area contributed by atoms with Crippen molar-refractivity contribution in [2.45, 2.75) is 5.41 Å². The van der Waals surface area contributed by atoms with Crippen LogP contribution in [0.25, 0.3) is 144 Å². The summed E-state index contributed by atoms with van der Waals surface area (Å²) in [7, 11) is 0. The maximum absolute atomic E-state index is 2.44. The highest BCUT2D eigenvalue weighted by atomic mass is 15.0. The molecule has 0 saturated carbocycles. The second kappa shape index (κ2) is 22.1. The quantitative estimate of drug-likeness (QED) is 0.122. The zero-order valence-electron chi connectivity index (χ0n) is 51.0. The minimum absolute atomic E-state index is 0.559. The third-order valence-corrected chi connectivity index (χ3v) is 19.6. The predicted octanol–water partition coefficient (Wildman–Crippen LogP) is 23.9. The Morgan fingerprint density at radius 1 is 0.172 bits per heavy atom. The number of fused-ring (bicyclic) bond motifs is 9. The van der Waals surface area contributed by atoms with Crippen molar-refractivity contribution in [2.75, 3.05) is 0 Å². The minimum atomic E-state index is -0.559. The molecule has 0 saturated heterocycles. The zero-order valence-corrected chi connectivity index (χ0v) is 51.0. The highest BCUT2D eigenvalue weighted by Gasteiger charge is 2.46. The zero-order chi connectivity index (χ0) is 61.4. The first-order chi connectivity index (χ1) is 46.1. The SMILES string of the molecule is c1ccc(-c2cccc(-n3c4ccccc4c4cc(-c5ccc6c(c5)c5ccccc5n6-c5cccc(-c6ccc(-c7ccc(-c8cccc(C9(c%10cccc(-c%11ccccc%11-c%11ccccc%11)c%10)c%10ccccc%10-c%10ccccc%109)c8)cc7)cc6)c5)ccc43)c2)cc1. The van der Waals surface area contributed by atoms with Crippen LogP contribution in [0.4, 0.5) is 0 Å². The largest absolute Gasteiger partial charge is 0.309 e. The van der Waals surface area contributed by atoms with Crippen molar-refractivity contribution in [1.82, 2.24) is 9.13 Å². The average molecular weight is 1180 g/mol. The Hall–Kier alpha value is -12.1. The van der Waals surface area contributed by atoms with Gasteiger partial charge in [-0.15, -0.1) is 0 Å². The lowest BCUT2D eigenvalue weighted by atomic mass is 9.67. The maximum Gasteiger partial charge on any atom is 0.0713 e. The topological polar surface area (TPSA) is 9.86 Å². The molecule has 2 aromatic heterocycles. The lowest BCUT2D eigenvalue weighted by molar-refractivity contribution is 0.769. The van der Waals surface area contributed by atoms with Crippen LogP contribution in [0, 0.1) is 0 Å². The number of hydrogen-bond acceptors (Lipinski definition) is 0. The van der Waals surface area contributed by atoms with Crippen molar-refractivity contribution >= 4 is 43.6 Å². The number of para-hydroxylation sites is 2. The number of hydrogen-bond donors (Lipinski definition) is 0. The Kier molecular flexibility index (Phi) is 12.8. The van der Waals surface area contributed by atoms with Gasteiger partial charge in [-0.1, -0.05) is 291 Å². The van der Waals surface area contributed by atoms with E-state index >= 15 is 0 Å². The van der Waals surface area contributed by atoms with E-state index in [1.165, 1.54) is 155 Å². The van der Waals surface area contributed by atoms with E-state index in [4.69, 9.17) is 0 Å². The van der Waals surface area contributed by atoms with E-state index in [0.717, 1.165) is 11.4 Å². The summed E-state index contributed by atoms with van der Waals surface area (Å²) < 4.78 is 4.84. The van der Waals surface area contributed by atoms with Gasteiger partial charge in [0, 0.05) is 32.9 Å². The third kappa shape index (κ3) is 8.94. The van der Waals surface area contributed by atoms with E-state index in [9.17, 15) is 0 Å². The number of nitrogens with zero attached hydrogens (tertiary/aromatic N) is 2. The molecule has 2 nitrogen and oxygen atoms in total. The van der Waals surface area contributed by atoms with E-state index in [1.807, 2.05) is 0 Å². The van der Waals surface area contributed by atoms with E-state index in [-0.39, 0.29) is 0 Å². The maximum atomic E-state index is 2.44. The molecule has 18 rings (SSSR count). The Morgan fingerprint density at radius 2 is 0.484 bits per heavy atom. The monoisotopic (exact) mass is 1180 g/mol. The summed E-state index contributed by atoms with van der Waals surface area (Å²) in [6.45, 7) is 0. The molecule has 0 aliphatic heterocycles. The molecule has 0 amide bonds. The Bertz CT molecular complexity index is 5680. The Labute approximate surface area is 541 Å². The molecule has 434 valence electrons. The van der Waals surface area contributed by atoms with Crippen molar-refractivity contribution in [3.05, 3.63) is 386 Å². The van der Waals surface area contributed by atoms with Gasteiger partial charge in [0.2, 0.25) is 0 Å². The molecular weight excluding hydrogens is 1120 g/mol. The smallest absolute Gasteiger partial charge is 0.0713 e. The molecule has 2 heteroatoms. The summed E-state index contributed by atoms with van der Waals surface area (Å²) in [6.07, 6.45) is 0. The normalized spacial score (nSPS) is 12.4. The fourth-order valence-electron chi connectivity index (χ4n) is 15.3. The standard InChI is InChI=1S/C91H60N2/c1-3-21-61(22-4-1)68-26-19-31-75(57-68)92-87-41-15-11-37-81(87)83-59-70(51-53-89(83)92)71-52-54-90-84(60-71)82-38-12-16-42-88(82)93(90)76-32-20-27-69(58-76)65-49-45-63(46-50-65)62-43-47-64(48-44-62)67-25-17-29-73(55-67)91(85-39-13-9-35-79(85)80-36-10-14-40-86(80)91)74-30-18-28-72(56-74)78-34-8-7-33-77(78)66-23-5-2-6-24-66/h1-60H. The summed E-state index contributed by atoms with van der Waals surface area (Å²) >= 11 is 0. The molecule has 0 radical (unpaired) electrons. The molecular formula is C91H60N2. The van der Waals surface area contributed by atoms with Gasteiger partial charge in [0.15, 0.2) is 0 Å². The third-order valence-electron chi connectivity index (χ3n) is 19.6. The second-order valence-corrected chi connectivity index (χ2v) is 24.7. The van der Waals surface area contributed by atoms with Gasteiger partial charge in [-0.25, -0.2) is 0 Å². The van der Waals surface area contributed by atoms with Crippen LogP contribution in [0.5, 0.6) is 0 Å². The van der Waals surface area contributed by atoms with Gasteiger partial charge in [0.25, 0.3) is 0 Å². The molecule has 0 fully saturated rings. The van der Waals surface area contributed by atoms with E-state index < -0.39 is 5.41 Å².